The number of thioether (sulfide) groups is 1. The number of esters is 1. The fourth-order valence-electron chi connectivity index (χ4n) is 1.80. The van der Waals surface area contributed by atoms with Crippen LogP contribution < -0.4 is 0 Å². The molecule has 134 valence electrons. The van der Waals surface area contributed by atoms with E-state index in [1.165, 1.54) is 0 Å². The molecule has 11 heteroatoms. The number of carbonyl (C=O) groups is 1. The maximum Gasteiger partial charge on any atom is 0.344 e. The lowest BCUT2D eigenvalue weighted by molar-refractivity contribution is -0.138. The molecule has 1 aliphatic heterocycles. The van der Waals surface area contributed by atoms with Crippen molar-refractivity contribution in [2.45, 2.75) is 11.8 Å². The van der Waals surface area contributed by atoms with E-state index in [-0.39, 0.29) is 46.6 Å². The van der Waals surface area contributed by atoms with Crippen LogP contribution in [0.25, 0.3) is 0 Å². The zero-order valence-corrected chi connectivity index (χ0v) is 13.8. The molecule has 24 heavy (non-hydrogen) atoms. The first-order valence-corrected chi connectivity index (χ1v) is 9.41. The largest absolute Gasteiger partial charge is 0.510 e. The predicted octanol–water partition coefficient (Wildman–Crippen LogP) is 5.50. The molecule has 0 radical (unpaired) electrons. The van der Waals surface area contributed by atoms with Crippen molar-refractivity contribution in [3.8, 4) is 0 Å². The highest BCUT2D eigenvalue weighted by Gasteiger charge is 2.65. The minimum Gasteiger partial charge on any atom is -0.510 e. The number of rotatable bonds is 4. The van der Waals surface area contributed by atoms with Crippen LogP contribution in [0.5, 0.6) is 0 Å². The van der Waals surface area contributed by atoms with Gasteiger partial charge in [-0.05, 0) is 31.2 Å². The van der Waals surface area contributed by atoms with E-state index >= 15 is 0 Å². The second kappa shape index (κ2) is 5.38. The van der Waals surface area contributed by atoms with Gasteiger partial charge in [0.05, 0.1) is 18.0 Å². The van der Waals surface area contributed by atoms with E-state index in [2.05, 4.69) is 4.99 Å². The summed E-state index contributed by atoms with van der Waals surface area (Å²) in [5.74, 6) is -1.03. The van der Waals surface area contributed by atoms with Gasteiger partial charge in [0, 0.05) is 0 Å². The van der Waals surface area contributed by atoms with Gasteiger partial charge in [0.25, 0.3) is 0 Å². The lowest BCUT2D eigenvalue weighted by Crippen LogP contribution is -2.12. The molecule has 2 rings (SSSR count). The first-order chi connectivity index (χ1) is 10.8. The number of benzene rings is 1. The first-order valence-electron chi connectivity index (χ1n) is 6.47. The summed E-state index contributed by atoms with van der Waals surface area (Å²) in [6.07, 6.45) is 0. The Bertz CT molecular complexity index is 741. The Morgan fingerprint density at radius 1 is 1.25 bits per heavy atom. The molecule has 0 aliphatic carbocycles. The van der Waals surface area contributed by atoms with Crippen LogP contribution in [-0.2, 0) is 9.53 Å². The normalized spacial score (nSPS) is 20.0. The minimum atomic E-state index is -9.74. The molecule has 0 spiro atoms. The Kier molecular flexibility index (Phi) is 4.17. The van der Waals surface area contributed by atoms with Gasteiger partial charge in [-0.25, -0.2) is 9.79 Å². The Labute approximate surface area is 138 Å². The summed E-state index contributed by atoms with van der Waals surface area (Å²) < 4.78 is 68.0. The van der Waals surface area contributed by atoms with Crippen molar-refractivity contribution in [1.82, 2.24) is 0 Å². The highest BCUT2D eigenvalue weighted by Crippen LogP contribution is 3.02. The highest BCUT2D eigenvalue weighted by atomic mass is 32.5. The lowest BCUT2D eigenvalue weighted by atomic mass is 10.2. The van der Waals surface area contributed by atoms with Crippen molar-refractivity contribution in [2.24, 2.45) is 4.99 Å². The van der Waals surface area contributed by atoms with Gasteiger partial charge >= 0.3 is 16.2 Å². The second-order valence-electron chi connectivity index (χ2n) is 4.71. The zero-order valence-electron chi connectivity index (χ0n) is 12.1. The Hall–Kier alpha value is -1.75. The molecule has 0 atom stereocenters. The molecule has 1 N–H and O–H groups in total. The molecule has 0 fully saturated rings. The highest BCUT2D eigenvalue weighted by molar-refractivity contribution is 8.45. The molecular formula is C13H12F5NO3S2. The molecule has 0 aromatic heterocycles. The van der Waals surface area contributed by atoms with Crippen molar-refractivity contribution < 1.29 is 34.1 Å². The number of aliphatic hydroxyl groups excluding tert-OH is 1. The van der Waals surface area contributed by atoms with E-state index in [0.29, 0.717) is 0 Å². The van der Waals surface area contributed by atoms with Crippen LogP contribution in [0.2, 0.25) is 0 Å². The first kappa shape index (κ1) is 18.6. The van der Waals surface area contributed by atoms with Gasteiger partial charge in [-0.3, -0.25) is 0 Å². The smallest absolute Gasteiger partial charge is 0.344 e. The van der Waals surface area contributed by atoms with Crippen LogP contribution >= 0.6 is 22.0 Å². The summed E-state index contributed by atoms with van der Waals surface area (Å²) in [4.78, 5) is 13.6. The van der Waals surface area contributed by atoms with E-state index in [0.717, 1.165) is 23.9 Å². The number of aliphatic hydroxyl groups is 1. The zero-order chi connectivity index (χ0) is 18.2. The molecule has 4 nitrogen and oxygen atoms in total. The molecule has 1 aromatic rings. The Morgan fingerprint density at radius 3 is 2.33 bits per heavy atom. The summed E-state index contributed by atoms with van der Waals surface area (Å²) in [6, 6.07) is 1.99. The van der Waals surface area contributed by atoms with Crippen LogP contribution in [0.1, 0.15) is 6.92 Å². The van der Waals surface area contributed by atoms with Gasteiger partial charge in [-0.1, -0.05) is 31.2 Å². The quantitative estimate of drug-likeness (QED) is 0.546. The van der Waals surface area contributed by atoms with Gasteiger partial charge in [0.2, 0.25) is 0 Å². The third-order valence-corrected chi connectivity index (χ3v) is 4.99. The standard InChI is InChI=1S/C13H12F5NO3S2/c1-2-22-13(21)11-10(20)7-23-12(11)19-8-3-5-9(6-4-8)24(14,15,16,17)18/h3-6,20H,2,7H2,1H3. The summed E-state index contributed by atoms with van der Waals surface area (Å²) in [7, 11) is -9.74. The molecular weight excluding hydrogens is 377 g/mol. The molecule has 1 aromatic carbocycles. The van der Waals surface area contributed by atoms with Crippen molar-refractivity contribution in [3.63, 3.8) is 0 Å². The van der Waals surface area contributed by atoms with E-state index in [4.69, 9.17) is 4.74 Å². The summed E-state index contributed by atoms with van der Waals surface area (Å²) in [5.41, 5.74) is -0.252. The third-order valence-electron chi connectivity index (χ3n) is 2.84. The SMILES string of the molecule is CCOC(=O)C1=C(O)CSC1=Nc1ccc(S(F)(F)(F)(F)F)cc1. The number of ether oxygens (including phenoxy) is 1. The maximum absolute atomic E-state index is 12.6. The van der Waals surface area contributed by atoms with Crippen LogP contribution in [0, 0.1) is 0 Å². The Balaban J connectivity index is 2.34. The fourth-order valence-corrected chi connectivity index (χ4v) is 3.38. The average molecular weight is 389 g/mol. The molecule has 0 saturated heterocycles. The van der Waals surface area contributed by atoms with Crippen LogP contribution in [0.4, 0.5) is 25.1 Å². The number of hydrogen-bond acceptors (Lipinski definition) is 5. The maximum atomic E-state index is 12.6. The molecule has 0 saturated carbocycles. The summed E-state index contributed by atoms with van der Waals surface area (Å²) in [6.45, 7) is 1.62. The second-order valence-corrected chi connectivity index (χ2v) is 8.08. The van der Waals surface area contributed by atoms with E-state index in [1.807, 2.05) is 0 Å². The van der Waals surface area contributed by atoms with Gasteiger partial charge in [-0.2, -0.15) is 0 Å². The van der Waals surface area contributed by atoms with Crippen molar-refractivity contribution in [2.75, 3.05) is 12.4 Å². The average Bonchev–Trinajstić information content (AvgIpc) is 2.78. The van der Waals surface area contributed by atoms with Crippen LogP contribution in [0.3, 0.4) is 0 Å². The topological polar surface area (TPSA) is 58.9 Å². The number of hydrogen-bond donors (Lipinski definition) is 1. The molecule has 0 bridgehead atoms. The Morgan fingerprint density at radius 2 is 1.83 bits per heavy atom. The van der Waals surface area contributed by atoms with E-state index in [1.54, 1.807) is 6.92 Å². The molecule has 1 aliphatic rings. The number of halogens is 5. The minimum absolute atomic E-state index is 0.0473. The monoisotopic (exact) mass is 389 g/mol. The number of aliphatic imine (C=N–C) groups is 1. The summed E-state index contributed by atoms with van der Waals surface area (Å²) >= 11 is 0.978. The van der Waals surface area contributed by atoms with Crippen LogP contribution in [0.15, 0.2) is 45.5 Å². The lowest BCUT2D eigenvalue weighted by Gasteiger charge is -2.40. The van der Waals surface area contributed by atoms with Crippen molar-refractivity contribution in [3.05, 3.63) is 35.6 Å². The predicted molar refractivity (Wildman–Crippen MR) is 83.7 cm³/mol. The number of carbonyl (C=O) groups excluding carboxylic acids is 1. The van der Waals surface area contributed by atoms with Crippen molar-refractivity contribution in [1.29, 1.82) is 0 Å². The van der Waals surface area contributed by atoms with Crippen LogP contribution in [-0.4, -0.2) is 28.5 Å². The van der Waals surface area contributed by atoms with Crippen molar-refractivity contribution >= 4 is 38.7 Å². The van der Waals surface area contributed by atoms with Gasteiger partial charge in [0.15, 0.2) is 0 Å². The molecule has 0 amide bonds. The fraction of sp³-hybridized carbons (Fsp3) is 0.231. The van der Waals surface area contributed by atoms with E-state index < -0.39 is 21.1 Å². The van der Waals surface area contributed by atoms with E-state index in [9.17, 15) is 29.3 Å². The molecule has 1 heterocycles. The van der Waals surface area contributed by atoms with Gasteiger partial charge < -0.3 is 9.84 Å². The summed E-state index contributed by atoms with van der Waals surface area (Å²) in [5, 5.41) is 9.73. The van der Waals surface area contributed by atoms with Gasteiger partial charge in [0.1, 0.15) is 21.3 Å². The number of nitrogens with zero attached hydrogens (tertiary/aromatic N) is 1. The molecule has 0 unspecified atom stereocenters. The van der Waals surface area contributed by atoms with Gasteiger partial charge in [-0.15, -0.1) is 0 Å². The third kappa shape index (κ3) is 4.20.